The molecule has 6 aromatic carbocycles. The van der Waals surface area contributed by atoms with E-state index in [1.165, 1.54) is 0 Å². The van der Waals surface area contributed by atoms with Gasteiger partial charge in [-0.2, -0.15) is 0 Å². The first-order chi connectivity index (χ1) is 46.2. The zero-order valence-corrected chi connectivity index (χ0v) is 60.7. The molecule has 4 unspecified atom stereocenters. The van der Waals surface area contributed by atoms with Crippen LogP contribution in [0.3, 0.4) is 0 Å². The van der Waals surface area contributed by atoms with Crippen LogP contribution in [0, 0.1) is 0 Å². The second-order valence-corrected chi connectivity index (χ2v) is 43.2. The number of ether oxygens (including phenoxy) is 4. The van der Waals surface area contributed by atoms with Gasteiger partial charge in [0.1, 0.15) is 13.1 Å². The molecule has 0 radical (unpaired) electrons. The van der Waals surface area contributed by atoms with E-state index < -0.39 is 107 Å². The van der Waals surface area contributed by atoms with Gasteiger partial charge in [-0.25, -0.2) is 0 Å². The van der Waals surface area contributed by atoms with Gasteiger partial charge in [0.15, 0.2) is 0 Å². The molecule has 6 rings (SSSR count). The molecular weight excluding hydrogens is 1430 g/mol. The van der Waals surface area contributed by atoms with Gasteiger partial charge < -0.3 is 20.1 Å². The van der Waals surface area contributed by atoms with Crippen molar-refractivity contribution in [2.24, 2.45) is 0 Å². The topological polar surface area (TPSA) is 280 Å². The number of nitrogens with one attached hydrogen (secondary N) is 6. The van der Waals surface area contributed by atoms with Gasteiger partial charge in [0, 0.05) is 11.5 Å². The molecule has 514 valence electrons. The van der Waals surface area contributed by atoms with Crippen LogP contribution in [0.2, 0.25) is 0 Å². The first-order valence-electron chi connectivity index (χ1n) is 31.3. The average molecular weight is 1520 g/mol. The number of hydrogen-bond donors (Lipinski definition) is 6. The number of unbranched alkanes of at least 4 members (excludes halogenated alkanes) is 2. The van der Waals surface area contributed by atoms with Crippen molar-refractivity contribution in [1.82, 2.24) is 31.9 Å². The second-order valence-electron chi connectivity index (χ2n) is 22.5. The van der Waals surface area contributed by atoms with Crippen LogP contribution in [0.15, 0.2) is 182 Å². The second kappa shape index (κ2) is 38.5. The minimum absolute atomic E-state index is 0.0611. The van der Waals surface area contributed by atoms with Crippen molar-refractivity contribution >= 4 is 154 Å². The fourth-order valence-corrected chi connectivity index (χ4v) is 29.0. The molecule has 20 nitrogen and oxygen atoms in total. The fraction of sp³-hybridized carbons (Fsp3) is 0.343. The van der Waals surface area contributed by atoms with E-state index in [4.69, 9.17) is 9.47 Å². The number of esters is 4. The van der Waals surface area contributed by atoms with E-state index in [2.05, 4.69) is 145 Å². The monoisotopic (exact) mass is 1520 g/mol. The molecule has 0 saturated heterocycles. The van der Waals surface area contributed by atoms with Crippen molar-refractivity contribution in [3.63, 3.8) is 0 Å². The molecule has 6 N–H and O–H groups in total. The first-order valence-corrected chi connectivity index (χ1v) is 42.6. The number of hydrogen-bond acceptors (Lipinski definition) is 16. The van der Waals surface area contributed by atoms with Crippen LogP contribution in [0.5, 0.6) is 0 Å². The Hall–Kier alpha value is -7.46. The quantitative estimate of drug-likeness (QED) is 0.00760. The van der Waals surface area contributed by atoms with Crippen LogP contribution >= 0.6 is 63.2 Å². The molecule has 0 saturated carbocycles. The van der Waals surface area contributed by atoms with Crippen molar-refractivity contribution in [2.75, 3.05) is 65.4 Å². The molecule has 0 fully saturated rings. The van der Waals surface area contributed by atoms with Crippen molar-refractivity contribution in [1.29, 1.82) is 0 Å². The molecule has 0 bridgehead atoms. The third-order valence-electron chi connectivity index (χ3n) is 16.3. The van der Waals surface area contributed by atoms with Crippen molar-refractivity contribution < 1.29 is 66.9 Å². The van der Waals surface area contributed by atoms with Crippen LogP contribution in [-0.4, -0.2) is 149 Å². The summed E-state index contributed by atoms with van der Waals surface area (Å²) in [5.74, 6) is -7.22. The molecule has 26 heteroatoms. The normalized spacial score (nSPS) is 13.3. The summed E-state index contributed by atoms with van der Waals surface area (Å²) in [6.07, 6.45) is 2.55. The van der Waals surface area contributed by atoms with Crippen molar-refractivity contribution in [3.05, 3.63) is 182 Å². The first kappa shape index (κ1) is 77.5. The summed E-state index contributed by atoms with van der Waals surface area (Å²) < 4.78 is 19.4. The van der Waals surface area contributed by atoms with Gasteiger partial charge in [-0.1, -0.05) is 21.6 Å². The Balaban J connectivity index is 1.04. The molecule has 0 aromatic heterocycles. The number of carbonyl (C=O) groups is 10. The van der Waals surface area contributed by atoms with Gasteiger partial charge in [-0.3, -0.25) is 19.2 Å². The SMILES string of the molecule is COC(=O)CNC(=O)C(CSSCC(NC(=O)CCC(NC(=O)CCCCP(Br)(c1ccccc1)(c1ccccc1)c1ccccc1)C(=O)OC)C(=O)NCC(=O)OC)NC(=O)CCC(NC(=O)CCCCP(Br)(c1ccccc1)(c1ccccc1)c1ccccc1)C(=O)OC. The Kier molecular flexibility index (Phi) is 31.1. The third kappa shape index (κ3) is 21.0. The summed E-state index contributed by atoms with van der Waals surface area (Å²) in [7, 11) is 6.63. The van der Waals surface area contributed by atoms with Crippen LogP contribution in [0.4, 0.5) is 0 Å². The number of methoxy groups -OCH3 is 4. The molecule has 0 aliphatic carbocycles. The Morgan fingerprint density at radius 2 is 0.604 bits per heavy atom. The number of rotatable bonds is 39. The molecule has 6 amide bonds. The molecule has 96 heavy (non-hydrogen) atoms. The van der Waals surface area contributed by atoms with Crippen LogP contribution in [-0.2, 0) is 66.9 Å². The van der Waals surface area contributed by atoms with Gasteiger partial charge in [0.2, 0.25) is 11.8 Å². The zero-order valence-electron chi connectivity index (χ0n) is 54.1. The Labute approximate surface area is 584 Å². The van der Waals surface area contributed by atoms with Gasteiger partial charge in [0.25, 0.3) is 0 Å². The third-order valence-corrected chi connectivity index (χ3v) is 38.8. The molecule has 6 aromatic rings. The van der Waals surface area contributed by atoms with Crippen LogP contribution in [0.1, 0.15) is 64.2 Å². The predicted molar refractivity (Wildman–Crippen MR) is 391 cm³/mol. The maximum atomic E-state index is 13.7. The Bertz CT molecular complexity index is 3130. The number of amides is 6. The number of halogens is 2. The standard InChI is InChI=1S/C70H84Br2N6O14P2S2/c1-89-65(83)47-73-67(85)59(77-63(81)43-41-57(69(87)91-3)75-61(79)39-23-25-45-93(71,51-27-11-5-12-28-51,52-29-13-6-14-30-52)53-31-15-7-16-32-53)49-95-96-50-60(68(86)74-48-66(84)90-2)78-64(82)44-42-58(70(88)92-4)76-62(80)40-24-26-46-94(72,54-33-17-8-18-34-54,55-35-19-9-20-36-55)56-37-21-10-22-38-56/h5-22,27-38,57-60H,23-26,39-50H2,1-4H3,(H,73,85)(H,74,86)(H,75,79)(H,76,80)(H,77,81)(H,78,82). The summed E-state index contributed by atoms with van der Waals surface area (Å²) in [4.78, 5) is 132. The number of carbonyl (C=O) groups excluding carboxylic acids is 10. The Morgan fingerprint density at radius 3 is 0.854 bits per heavy atom. The predicted octanol–water partition coefficient (Wildman–Crippen LogP) is 6.81. The van der Waals surface area contributed by atoms with Gasteiger partial charge in [0.05, 0.1) is 14.2 Å². The summed E-state index contributed by atoms with van der Waals surface area (Å²) in [6.45, 7) is -1.07. The minimum atomic E-state index is -3.27. The van der Waals surface area contributed by atoms with Gasteiger partial charge in [-0.15, -0.1) is 0 Å². The molecule has 0 aliphatic heterocycles. The van der Waals surface area contributed by atoms with E-state index in [1.54, 1.807) is 0 Å². The van der Waals surface area contributed by atoms with E-state index in [0.29, 0.717) is 38.0 Å². The van der Waals surface area contributed by atoms with E-state index >= 15 is 0 Å². The zero-order chi connectivity index (χ0) is 69.5. The maximum absolute atomic E-state index is 13.7. The molecular formula is C70H84Br2N6O14P2S2. The van der Waals surface area contributed by atoms with Crippen LogP contribution in [0.25, 0.3) is 0 Å². The van der Waals surface area contributed by atoms with E-state index in [0.717, 1.165) is 81.9 Å². The number of benzene rings is 6. The molecule has 0 heterocycles. The fourth-order valence-electron chi connectivity index (χ4n) is 11.2. The van der Waals surface area contributed by atoms with E-state index in [9.17, 15) is 47.9 Å². The molecule has 0 aliphatic rings. The van der Waals surface area contributed by atoms with E-state index in [-0.39, 0.29) is 50.0 Å². The van der Waals surface area contributed by atoms with Gasteiger partial charge >= 0.3 is 477 Å². The van der Waals surface area contributed by atoms with E-state index in [1.807, 2.05) is 109 Å². The van der Waals surface area contributed by atoms with Gasteiger partial charge in [-0.05, 0) is 0 Å². The Morgan fingerprint density at radius 1 is 0.354 bits per heavy atom. The summed E-state index contributed by atoms with van der Waals surface area (Å²) in [5, 5.41) is 15.8. The van der Waals surface area contributed by atoms with Crippen molar-refractivity contribution in [2.45, 2.75) is 88.4 Å². The van der Waals surface area contributed by atoms with Crippen molar-refractivity contribution in [3.8, 4) is 0 Å². The summed E-state index contributed by atoms with van der Waals surface area (Å²) in [6, 6.07) is 56.5. The molecule has 0 spiro atoms. The summed E-state index contributed by atoms with van der Waals surface area (Å²) in [5.41, 5.74) is 0. The average Bonchev–Trinajstić information content (AvgIpc) is 0.718. The summed E-state index contributed by atoms with van der Waals surface area (Å²) >= 11 is 8.88. The molecule has 4 atom stereocenters. The van der Waals surface area contributed by atoms with Crippen LogP contribution < -0.4 is 63.7 Å².